The van der Waals surface area contributed by atoms with E-state index in [9.17, 15) is 13.6 Å². The van der Waals surface area contributed by atoms with Crippen LogP contribution in [0, 0.1) is 11.6 Å². The summed E-state index contributed by atoms with van der Waals surface area (Å²) < 4.78 is 30.2. The lowest BCUT2D eigenvalue weighted by Crippen LogP contribution is -2.51. The minimum Gasteiger partial charge on any atom is -0.333 e. The summed E-state index contributed by atoms with van der Waals surface area (Å²) in [7, 11) is 0. The van der Waals surface area contributed by atoms with Crippen LogP contribution in [0.25, 0.3) is 0 Å². The Kier molecular flexibility index (Phi) is 4.77. The molecule has 2 atom stereocenters. The lowest BCUT2D eigenvalue weighted by atomic mass is 9.86. The Morgan fingerprint density at radius 3 is 2.96 bits per heavy atom. The molecule has 1 aromatic carbocycles. The van der Waals surface area contributed by atoms with Crippen molar-refractivity contribution >= 4 is 22.6 Å². The largest absolute Gasteiger partial charge is 0.333 e. The molecule has 0 spiro atoms. The number of nitrogens with one attached hydrogen (secondary N) is 3. The van der Waals surface area contributed by atoms with E-state index in [1.165, 1.54) is 12.3 Å². The number of anilines is 1. The van der Waals surface area contributed by atoms with Crippen LogP contribution in [-0.2, 0) is 0 Å². The highest BCUT2D eigenvalue weighted by Crippen LogP contribution is 2.27. The van der Waals surface area contributed by atoms with E-state index in [0.717, 1.165) is 30.6 Å². The number of halogens is 2. The van der Waals surface area contributed by atoms with Crippen molar-refractivity contribution in [2.24, 2.45) is 0 Å². The predicted octanol–water partition coefficient (Wildman–Crippen LogP) is 2.08. The molecule has 0 radical (unpaired) electrons. The first-order chi connectivity index (χ1) is 11.1. The fourth-order valence-electron chi connectivity index (χ4n) is 2.69. The first-order valence-corrected chi connectivity index (χ1v) is 7.91. The summed E-state index contributed by atoms with van der Waals surface area (Å²) in [5.41, 5.74) is 0.676. The van der Waals surface area contributed by atoms with E-state index in [1.807, 2.05) is 0 Å². The van der Waals surface area contributed by atoms with Gasteiger partial charge < -0.3 is 10.6 Å². The van der Waals surface area contributed by atoms with Crippen molar-refractivity contribution in [2.45, 2.75) is 18.4 Å². The lowest BCUT2D eigenvalue weighted by molar-refractivity contribution is 0.242. The van der Waals surface area contributed by atoms with Gasteiger partial charge in [-0.2, -0.15) is 0 Å². The molecule has 122 valence electrons. The molecule has 23 heavy (non-hydrogen) atoms. The van der Waals surface area contributed by atoms with Gasteiger partial charge in [0.25, 0.3) is 0 Å². The van der Waals surface area contributed by atoms with Gasteiger partial charge in [-0.3, -0.25) is 5.32 Å². The fraction of sp³-hybridized carbons (Fsp3) is 0.357. The van der Waals surface area contributed by atoms with Crippen molar-refractivity contribution in [3.05, 3.63) is 41.6 Å². The third kappa shape index (κ3) is 3.80. The molecule has 1 aliphatic heterocycles. The van der Waals surface area contributed by atoms with Crippen LogP contribution in [0.15, 0.2) is 24.4 Å². The number of carbonyl (C=O) groups is 1. The average molecular weight is 339 g/mol. The number of nitrogens with zero attached hydrogens (tertiary/aromatic N) is 2. The van der Waals surface area contributed by atoms with Gasteiger partial charge in [0.2, 0.25) is 0 Å². The van der Waals surface area contributed by atoms with E-state index in [4.69, 9.17) is 0 Å². The molecule has 2 heterocycles. The van der Waals surface area contributed by atoms with Crippen molar-refractivity contribution in [3.8, 4) is 0 Å². The van der Waals surface area contributed by atoms with Crippen LogP contribution in [-0.4, -0.2) is 34.7 Å². The summed E-state index contributed by atoms with van der Waals surface area (Å²) in [6.07, 6.45) is 2.17. The molecule has 1 aromatic heterocycles. The maximum atomic E-state index is 13.5. The quantitative estimate of drug-likeness (QED) is 0.800. The summed E-state index contributed by atoms with van der Waals surface area (Å²) in [5, 5.41) is 12.9. The second-order valence-corrected chi connectivity index (χ2v) is 6.05. The molecule has 1 saturated heterocycles. The topological polar surface area (TPSA) is 78.9 Å². The highest BCUT2D eigenvalue weighted by atomic mass is 32.1. The van der Waals surface area contributed by atoms with Crippen molar-refractivity contribution in [1.29, 1.82) is 0 Å². The van der Waals surface area contributed by atoms with Crippen molar-refractivity contribution in [2.75, 3.05) is 18.4 Å². The number of piperidine rings is 1. The van der Waals surface area contributed by atoms with Gasteiger partial charge >= 0.3 is 6.03 Å². The molecule has 1 fully saturated rings. The van der Waals surface area contributed by atoms with E-state index in [1.54, 1.807) is 6.07 Å². The molecule has 0 saturated carbocycles. The molecule has 2 amide bonds. The SMILES string of the molecule is O=C(Nc1cnns1)NC1CNCCC1c1ccc(F)c(F)c1. The summed E-state index contributed by atoms with van der Waals surface area (Å²) in [6, 6.07) is 3.28. The van der Waals surface area contributed by atoms with E-state index in [2.05, 4.69) is 25.5 Å². The summed E-state index contributed by atoms with van der Waals surface area (Å²) in [6.45, 7) is 1.31. The highest BCUT2D eigenvalue weighted by molar-refractivity contribution is 7.10. The Bertz CT molecular complexity index is 682. The van der Waals surface area contributed by atoms with Gasteiger partial charge in [0.1, 0.15) is 5.00 Å². The van der Waals surface area contributed by atoms with Crippen molar-refractivity contribution < 1.29 is 13.6 Å². The number of benzene rings is 1. The smallest absolute Gasteiger partial charge is 0.320 e. The van der Waals surface area contributed by atoms with Crippen molar-refractivity contribution in [3.63, 3.8) is 0 Å². The van der Waals surface area contributed by atoms with Gasteiger partial charge in [-0.25, -0.2) is 13.6 Å². The number of aromatic nitrogens is 2. The van der Waals surface area contributed by atoms with Gasteiger partial charge in [0.15, 0.2) is 11.6 Å². The zero-order valence-corrected chi connectivity index (χ0v) is 12.9. The molecule has 9 heteroatoms. The van der Waals surface area contributed by atoms with Crippen LogP contribution in [0.2, 0.25) is 0 Å². The lowest BCUT2D eigenvalue weighted by Gasteiger charge is -2.33. The summed E-state index contributed by atoms with van der Waals surface area (Å²) in [4.78, 5) is 12.0. The molecule has 2 unspecified atom stereocenters. The minimum absolute atomic E-state index is 0.0864. The maximum absolute atomic E-state index is 13.5. The molecular weight excluding hydrogens is 324 g/mol. The Labute approximate surface area is 135 Å². The van der Waals surface area contributed by atoms with Gasteiger partial charge in [-0.15, -0.1) is 5.10 Å². The van der Waals surface area contributed by atoms with Gasteiger partial charge in [-0.05, 0) is 30.7 Å². The second-order valence-electron chi connectivity index (χ2n) is 5.26. The molecule has 6 nitrogen and oxygen atoms in total. The molecular formula is C14H15F2N5OS. The monoisotopic (exact) mass is 339 g/mol. The zero-order chi connectivity index (χ0) is 16.2. The highest BCUT2D eigenvalue weighted by Gasteiger charge is 2.28. The molecule has 1 aliphatic rings. The third-order valence-corrected chi connectivity index (χ3v) is 4.35. The first kappa shape index (κ1) is 15.8. The average Bonchev–Trinajstić information content (AvgIpc) is 3.03. The second kappa shape index (κ2) is 6.97. The normalized spacial score (nSPS) is 21.0. The van der Waals surface area contributed by atoms with E-state index in [0.29, 0.717) is 17.1 Å². The Morgan fingerprint density at radius 1 is 1.35 bits per heavy atom. The number of rotatable bonds is 3. The first-order valence-electron chi connectivity index (χ1n) is 7.14. The van der Waals surface area contributed by atoms with E-state index in [-0.39, 0.29) is 18.0 Å². The third-order valence-electron chi connectivity index (χ3n) is 3.77. The van der Waals surface area contributed by atoms with Crippen LogP contribution in [0.4, 0.5) is 18.6 Å². The molecule has 2 aromatic rings. The molecule has 0 aliphatic carbocycles. The van der Waals surface area contributed by atoms with Gasteiger partial charge in [0.05, 0.1) is 6.20 Å². The van der Waals surface area contributed by atoms with Crippen LogP contribution in [0.5, 0.6) is 0 Å². The number of urea groups is 1. The summed E-state index contributed by atoms with van der Waals surface area (Å²) >= 11 is 1.07. The van der Waals surface area contributed by atoms with Crippen molar-refractivity contribution in [1.82, 2.24) is 20.2 Å². The molecule has 3 N–H and O–H groups in total. The Balaban J connectivity index is 1.70. The van der Waals surface area contributed by atoms with E-state index < -0.39 is 11.6 Å². The van der Waals surface area contributed by atoms with Crippen LogP contribution in [0.3, 0.4) is 0 Å². The zero-order valence-electron chi connectivity index (χ0n) is 12.1. The summed E-state index contributed by atoms with van der Waals surface area (Å²) in [5.74, 6) is -1.83. The number of amides is 2. The molecule has 3 rings (SSSR count). The van der Waals surface area contributed by atoms with Gasteiger partial charge in [0, 0.05) is 30.0 Å². The Morgan fingerprint density at radius 2 is 2.22 bits per heavy atom. The fourth-order valence-corrected chi connectivity index (χ4v) is 3.11. The van der Waals surface area contributed by atoms with Crippen LogP contribution >= 0.6 is 11.5 Å². The predicted molar refractivity (Wildman–Crippen MR) is 82.4 cm³/mol. The molecule has 0 bridgehead atoms. The van der Waals surface area contributed by atoms with Crippen LogP contribution in [0.1, 0.15) is 17.9 Å². The Hall–Kier alpha value is -2.13. The van der Waals surface area contributed by atoms with Crippen LogP contribution < -0.4 is 16.0 Å². The van der Waals surface area contributed by atoms with E-state index >= 15 is 0 Å². The number of hydrogen-bond donors (Lipinski definition) is 3. The number of hydrogen-bond acceptors (Lipinski definition) is 5. The van der Waals surface area contributed by atoms with Gasteiger partial charge in [-0.1, -0.05) is 10.6 Å². The standard InChI is InChI=1S/C14H15F2N5OS/c15-10-2-1-8(5-11(10)16)9-3-4-17-6-12(9)19-14(22)20-13-7-18-21-23-13/h1-2,5,7,9,12,17H,3-4,6H2,(H2,19,20,22). The minimum atomic E-state index is -0.875. The maximum Gasteiger partial charge on any atom is 0.320 e. The number of carbonyl (C=O) groups excluding carboxylic acids is 1.